The highest BCUT2D eigenvalue weighted by Crippen LogP contribution is 2.09. The predicted molar refractivity (Wildman–Crippen MR) is 38.5 cm³/mol. The van der Waals surface area contributed by atoms with Crippen LogP contribution in [-0.4, -0.2) is 4.98 Å². The molecule has 1 aromatic heterocycles. The quantitative estimate of drug-likeness (QED) is 0.453. The highest BCUT2D eigenvalue weighted by molar-refractivity contribution is 6.17. The Morgan fingerprint density at radius 2 is 2.40 bits per heavy atom. The van der Waals surface area contributed by atoms with Crippen LogP contribution in [0.2, 0.25) is 0 Å². The van der Waals surface area contributed by atoms with Gasteiger partial charge in [0.25, 0.3) is 0 Å². The van der Waals surface area contributed by atoms with E-state index in [2.05, 4.69) is 4.98 Å². The minimum atomic E-state index is -0.471. The van der Waals surface area contributed by atoms with Crippen molar-refractivity contribution in [1.29, 1.82) is 0 Å². The van der Waals surface area contributed by atoms with Gasteiger partial charge in [0.15, 0.2) is 0 Å². The summed E-state index contributed by atoms with van der Waals surface area (Å²) in [6.07, 6.45) is 1.48. The van der Waals surface area contributed by atoms with Gasteiger partial charge in [-0.15, -0.1) is 11.6 Å². The lowest BCUT2D eigenvalue weighted by Crippen LogP contribution is -1.89. The Hall–Kier alpha value is -0.630. The number of alkyl halides is 1. The number of aromatic nitrogens is 1. The molecule has 0 bridgehead atoms. The maximum absolute atomic E-state index is 12.4. The highest BCUT2D eigenvalue weighted by atomic mass is 35.5. The summed E-state index contributed by atoms with van der Waals surface area (Å²) in [5.74, 6) is -0.133. The molecule has 0 aliphatic rings. The van der Waals surface area contributed by atoms with E-state index in [1.807, 2.05) is 6.92 Å². The molecule has 0 spiro atoms. The molecule has 3 heteroatoms. The fourth-order valence-corrected chi connectivity index (χ4v) is 0.968. The van der Waals surface area contributed by atoms with Crippen LogP contribution in [0.5, 0.6) is 0 Å². The first-order chi connectivity index (χ1) is 4.74. The van der Waals surface area contributed by atoms with Gasteiger partial charge in [-0.05, 0) is 24.1 Å². The molecule has 0 atom stereocenters. The standard InChI is InChI=1S/C7H7ClFN/c1-5-4-10-7(9)2-6(5)3-8/h2,4H,3H2,1H3. The molecule has 54 valence electrons. The minimum Gasteiger partial charge on any atom is -0.228 e. The Kier molecular flexibility index (Phi) is 2.22. The number of hydrogen-bond donors (Lipinski definition) is 0. The first-order valence-corrected chi connectivity index (χ1v) is 3.44. The van der Waals surface area contributed by atoms with Crippen LogP contribution in [0, 0.1) is 12.9 Å². The third-order valence-electron chi connectivity index (χ3n) is 1.33. The second-order valence-corrected chi connectivity index (χ2v) is 2.33. The van der Waals surface area contributed by atoms with E-state index < -0.39 is 5.95 Å². The number of hydrogen-bond acceptors (Lipinski definition) is 1. The van der Waals surface area contributed by atoms with E-state index in [1.165, 1.54) is 12.3 Å². The summed E-state index contributed by atoms with van der Waals surface area (Å²) in [6.45, 7) is 1.85. The molecule has 0 saturated heterocycles. The van der Waals surface area contributed by atoms with Crippen molar-refractivity contribution < 1.29 is 4.39 Å². The van der Waals surface area contributed by atoms with E-state index in [-0.39, 0.29) is 0 Å². The number of rotatable bonds is 1. The van der Waals surface area contributed by atoms with Crippen molar-refractivity contribution in [2.24, 2.45) is 0 Å². The van der Waals surface area contributed by atoms with Crippen molar-refractivity contribution in [1.82, 2.24) is 4.98 Å². The molecule has 1 heterocycles. The van der Waals surface area contributed by atoms with E-state index in [0.29, 0.717) is 5.88 Å². The first-order valence-electron chi connectivity index (χ1n) is 2.91. The van der Waals surface area contributed by atoms with Crippen LogP contribution in [0.15, 0.2) is 12.3 Å². The fraction of sp³-hybridized carbons (Fsp3) is 0.286. The SMILES string of the molecule is Cc1cnc(F)cc1CCl. The summed E-state index contributed by atoms with van der Waals surface area (Å²) in [5, 5.41) is 0. The molecule has 0 aliphatic carbocycles. The number of aryl methyl sites for hydroxylation is 1. The van der Waals surface area contributed by atoms with Crippen LogP contribution in [0.4, 0.5) is 4.39 Å². The molecule has 1 nitrogen and oxygen atoms in total. The lowest BCUT2D eigenvalue weighted by atomic mass is 10.2. The van der Waals surface area contributed by atoms with E-state index in [9.17, 15) is 4.39 Å². The van der Waals surface area contributed by atoms with Gasteiger partial charge < -0.3 is 0 Å². The zero-order chi connectivity index (χ0) is 7.56. The zero-order valence-electron chi connectivity index (χ0n) is 5.56. The van der Waals surface area contributed by atoms with Crippen molar-refractivity contribution >= 4 is 11.6 Å². The Balaban J connectivity index is 3.09. The van der Waals surface area contributed by atoms with Gasteiger partial charge in [0, 0.05) is 12.1 Å². The van der Waals surface area contributed by atoms with Gasteiger partial charge in [-0.3, -0.25) is 0 Å². The summed E-state index contributed by atoms with van der Waals surface area (Å²) in [4.78, 5) is 3.46. The summed E-state index contributed by atoms with van der Waals surface area (Å²) < 4.78 is 12.4. The van der Waals surface area contributed by atoms with Crippen LogP contribution < -0.4 is 0 Å². The lowest BCUT2D eigenvalue weighted by molar-refractivity contribution is 0.581. The normalized spacial score (nSPS) is 9.90. The van der Waals surface area contributed by atoms with E-state index in [0.717, 1.165) is 11.1 Å². The van der Waals surface area contributed by atoms with Crippen molar-refractivity contribution in [3.05, 3.63) is 29.3 Å². The van der Waals surface area contributed by atoms with Crippen LogP contribution >= 0.6 is 11.6 Å². The van der Waals surface area contributed by atoms with Crippen molar-refractivity contribution in [3.8, 4) is 0 Å². The second kappa shape index (κ2) is 2.97. The number of pyridine rings is 1. The molecule has 0 amide bonds. The van der Waals surface area contributed by atoms with E-state index >= 15 is 0 Å². The second-order valence-electron chi connectivity index (χ2n) is 2.07. The summed E-state index contributed by atoms with van der Waals surface area (Å²) in [6, 6.07) is 1.35. The molecule has 0 unspecified atom stereocenters. The number of halogens is 2. The van der Waals surface area contributed by atoms with Gasteiger partial charge in [0.2, 0.25) is 5.95 Å². The Bertz CT molecular complexity index is 237. The molecule has 1 rings (SSSR count). The monoisotopic (exact) mass is 159 g/mol. The average molecular weight is 160 g/mol. The fourth-order valence-electron chi connectivity index (χ4n) is 0.680. The summed E-state index contributed by atoms with van der Waals surface area (Å²) >= 11 is 5.51. The van der Waals surface area contributed by atoms with E-state index in [1.54, 1.807) is 0 Å². The highest BCUT2D eigenvalue weighted by Gasteiger charge is 1.98. The molecular weight excluding hydrogens is 153 g/mol. The molecule has 0 N–H and O–H groups in total. The van der Waals surface area contributed by atoms with Gasteiger partial charge in [0.1, 0.15) is 0 Å². The third-order valence-corrected chi connectivity index (χ3v) is 1.61. The Morgan fingerprint density at radius 1 is 1.70 bits per heavy atom. The Morgan fingerprint density at radius 3 is 2.90 bits per heavy atom. The largest absolute Gasteiger partial charge is 0.228 e. The summed E-state index contributed by atoms with van der Waals surface area (Å²) in [5.41, 5.74) is 1.73. The summed E-state index contributed by atoms with van der Waals surface area (Å²) in [7, 11) is 0. The molecule has 0 radical (unpaired) electrons. The predicted octanol–water partition coefficient (Wildman–Crippen LogP) is 2.27. The zero-order valence-corrected chi connectivity index (χ0v) is 6.32. The van der Waals surface area contributed by atoms with Gasteiger partial charge in [-0.1, -0.05) is 0 Å². The van der Waals surface area contributed by atoms with Crippen LogP contribution in [0.25, 0.3) is 0 Å². The maximum atomic E-state index is 12.4. The van der Waals surface area contributed by atoms with Crippen LogP contribution in [0.3, 0.4) is 0 Å². The van der Waals surface area contributed by atoms with Gasteiger partial charge >= 0.3 is 0 Å². The lowest BCUT2D eigenvalue weighted by Gasteiger charge is -1.98. The van der Waals surface area contributed by atoms with Gasteiger partial charge in [-0.2, -0.15) is 4.39 Å². The van der Waals surface area contributed by atoms with Crippen molar-refractivity contribution in [2.45, 2.75) is 12.8 Å². The first kappa shape index (κ1) is 7.48. The average Bonchev–Trinajstić information content (AvgIpc) is 1.94. The Labute approximate surface area is 63.8 Å². The molecule has 0 fully saturated rings. The third kappa shape index (κ3) is 1.45. The van der Waals surface area contributed by atoms with Crippen molar-refractivity contribution in [3.63, 3.8) is 0 Å². The molecule has 1 aromatic rings. The molecular formula is C7H7ClFN. The molecule has 0 aromatic carbocycles. The van der Waals surface area contributed by atoms with E-state index in [4.69, 9.17) is 11.6 Å². The van der Waals surface area contributed by atoms with Crippen molar-refractivity contribution in [2.75, 3.05) is 0 Å². The molecule has 0 aliphatic heterocycles. The van der Waals surface area contributed by atoms with Gasteiger partial charge in [0.05, 0.1) is 0 Å². The minimum absolute atomic E-state index is 0.339. The van der Waals surface area contributed by atoms with Crippen LogP contribution in [-0.2, 0) is 5.88 Å². The maximum Gasteiger partial charge on any atom is 0.213 e. The topological polar surface area (TPSA) is 12.9 Å². The smallest absolute Gasteiger partial charge is 0.213 e. The molecule has 10 heavy (non-hydrogen) atoms. The van der Waals surface area contributed by atoms with Gasteiger partial charge in [-0.25, -0.2) is 4.98 Å². The molecule has 0 saturated carbocycles. The van der Waals surface area contributed by atoms with Crippen LogP contribution in [0.1, 0.15) is 11.1 Å². The number of nitrogens with zero attached hydrogens (tertiary/aromatic N) is 1.